The molecule has 192 valence electrons. The maximum Gasteiger partial charge on any atom is 0.338 e. The topological polar surface area (TPSA) is 72.8 Å². The molecule has 1 spiro atoms. The van der Waals surface area contributed by atoms with Gasteiger partial charge in [-0.1, -0.05) is 45.4 Å². The van der Waals surface area contributed by atoms with Gasteiger partial charge in [0.1, 0.15) is 6.10 Å². The summed E-state index contributed by atoms with van der Waals surface area (Å²) >= 11 is 7.15. The molecule has 4 saturated carbocycles. The van der Waals surface area contributed by atoms with Crippen LogP contribution < -0.4 is 0 Å². The molecule has 4 fully saturated rings. The highest BCUT2D eigenvalue weighted by Gasteiger charge is 2.75. The Kier molecular flexibility index (Phi) is 6.07. The molecule has 4 aliphatic rings. The molecule has 0 saturated heterocycles. The van der Waals surface area contributed by atoms with E-state index in [4.69, 9.17) is 21.1 Å². The average Bonchev–Trinajstić information content (AvgIpc) is 2.96. The number of hydrogen-bond acceptors (Lipinski definition) is 5. The van der Waals surface area contributed by atoms with Crippen molar-refractivity contribution < 1.29 is 24.2 Å². The third-order valence-electron chi connectivity index (χ3n) is 10.7. The van der Waals surface area contributed by atoms with Crippen molar-refractivity contribution in [3.05, 3.63) is 35.9 Å². The van der Waals surface area contributed by atoms with Crippen LogP contribution in [-0.4, -0.2) is 41.2 Å². The maximum atomic E-state index is 13.3. The van der Waals surface area contributed by atoms with Crippen molar-refractivity contribution in [3.8, 4) is 0 Å². The van der Waals surface area contributed by atoms with E-state index in [1.54, 1.807) is 12.1 Å². The van der Waals surface area contributed by atoms with Gasteiger partial charge in [0.15, 0.2) is 0 Å². The summed E-state index contributed by atoms with van der Waals surface area (Å²) in [5, 5.41) is 11.5. The second-order valence-electron chi connectivity index (χ2n) is 12.6. The van der Waals surface area contributed by atoms with Crippen LogP contribution in [0.3, 0.4) is 0 Å². The first-order valence-corrected chi connectivity index (χ1v) is 13.6. The first-order valence-electron chi connectivity index (χ1n) is 13.2. The minimum Gasteiger partial charge on any atom is -0.465 e. The molecule has 0 unspecified atom stereocenters. The zero-order chi connectivity index (χ0) is 25.2. The number of ether oxygens (including phenoxy) is 2. The van der Waals surface area contributed by atoms with Crippen LogP contribution in [0.5, 0.6) is 0 Å². The van der Waals surface area contributed by atoms with Crippen molar-refractivity contribution in [1.29, 1.82) is 0 Å². The molecule has 2 bridgehead atoms. The van der Waals surface area contributed by atoms with E-state index in [9.17, 15) is 14.7 Å². The van der Waals surface area contributed by atoms with Gasteiger partial charge in [0, 0.05) is 28.5 Å². The molecule has 0 aromatic heterocycles. The molecule has 0 radical (unpaired) electrons. The van der Waals surface area contributed by atoms with Crippen molar-refractivity contribution in [2.45, 2.75) is 90.2 Å². The van der Waals surface area contributed by atoms with Crippen molar-refractivity contribution in [1.82, 2.24) is 0 Å². The van der Waals surface area contributed by atoms with Crippen LogP contribution in [-0.2, 0) is 14.3 Å². The fraction of sp³-hybridized carbons (Fsp3) is 0.724. The lowest BCUT2D eigenvalue weighted by atomic mass is 9.39. The van der Waals surface area contributed by atoms with E-state index in [0.717, 1.165) is 38.5 Å². The number of alkyl halides is 1. The summed E-state index contributed by atoms with van der Waals surface area (Å²) in [6.07, 6.45) is 5.20. The maximum absolute atomic E-state index is 13.3. The molecular formula is C29H39ClO5. The number of carbonyl (C=O) groups excluding carboxylic acids is 2. The number of hydrogen-bond donors (Lipinski definition) is 1. The Morgan fingerprint density at radius 1 is 1.06 bits per heavy atom. The van der Waals surface area contributed by atoms with Crippen LogP contribution in [0.25, 0.3) is 0 Å². The summed E-state index contributed by atoms with van der Waals surface area (Å²) in [4.78, 5) is 24.9. The van der Waals surface area contributed by atoms with E-state index < -0.39 is 23.0 Å². The quantitative estimate of drug-likeness (QED) is 0.418. The monoisotopic (exact) mass is 502 g/mol. The zero-order valence-electron chi connectivity index (χ0n) is 21.4. The van der Waals surface area contributed by atoms with Crippen molar-refractivity contribution in [2.75, 3.05) is 6.61 Å². The van der Waals surface area contributed by atoms with Crippen LogP contribution in [0.1, 0.15) is 83.0 Å². The van der Waals surface area contributed by atoms with E-state index in [-0.39, 0.29) is 34.1 Å². The van der Waals surface area contributed by atoms with Crippen molar-refractivity contribution >= 4 is 23.5 Å². The normalized spacial score (nSPS) is 46.3. The highest BCUT2D eigenvalue weighted by molar-refractivity contribution is 6.21. The summed E-state index contributed by atoms with van der Waals surface area (Å²) in [5.41, 5.74) is -0.636. The standard InChI is InChI=1S/C29H39ClO5/c1-18(31)34-17-26(2)12-8-13-27(3)20(26)11-14-29-21(27)15-22(30)28(4,16-23(29)32)25(29)35-24(33)19-9-6-5-7-10-19/h5-7,9-10,20-23,25,32H,8,11-17H2,1-4H3/t20-,21+,22-,23-,25-,26-,27-,28-,29-/m1/s1. The zero-order valence-corrected chi connectivity index (χ0v) is 22.1. The highest BCUT2D eigenvalue weighted by Crippen LogP contribution is 2.74. The summed E-state index contributed by atoms with van der Waals surface area (Å²) in [5.74, 6) is -0.0906. The van der Waals surface area contributed by atoms with Crippen molar-refractivity contribution in [3.63, 3.8) is 0 Å². The minimum atomic E-state index is -0.561. The molecule has 9 atom stereocenters. The molecule has 1 aromatic carbocycles. The number of fused-ring (bicyclic) bond motifs is 3. The van der Waals surface area contributed by atoms with E-state index in [0.29, 0.717) is 24.5 Å². The van der Waals surface area contributed by atoms with Gasteiger partial charge in [0.25, 0.3) is 0 Å². The van der Waals surface area contributed by atoms with Gasteiger partial charge < -0.3 is 14.6 Å². The Balaban J connectivity index is 1.53. The fourth-order valence-electron chi connectivity index (χ4n) is 9.20. The molecule has 5 rings (SSSR count). The molecule has 6 heteroatoms. The molecule has 1 aromatic rings. The lowest BCUT2D eigenvalue weighted by Crippen LogP contribution is -2.66. The number of halogens is 1. The van der Waals surface area contributed by atoms with Crippen LogP contribution in [0.2, 0.25) is 0 Å². The third-order valence-corrected chi connectivity index (χ3v) is 11.4. The van der Waals surface area contributed by atoms with Crippen molar-refractivity contribution in [2.24, 2.45) is 33.5 Å². The third kappa shape index (κ3) is 3.59. The van der Waals surface area contributed by atoms with Crippen LogP contribution in [0.4, 0.5) is 0 Å². The van der Waals surface area contributed by atoms with Gasteiger partial charge in [0.2, 0.25) is 0 Å². The first kappa shape index (κ1) is 25.1. The fourth-order valence-corrected chi connectivity index (χ4v) is 9.58. The molecule has 5 nitrogen and oxygen atoms in total. The van der Waals surface area contributed by atoms with Crippen LogP contribution in [0.15, 0.2) is 30.3 Å². The second kappa shape index (κ2) is 8.48. The van der Waals surface area contributed by atoms with Gasteiger partial charge in [-0.3, -0.25) is 4.79 Å². The second-order valence-corrected chi connectivity index (χ2v) is 13.2. The Labute approximate surface area is 213 Å². The number of benzene rings is 1. The average molecular weight is 503 g/mol. The number of esters is 2. The molecule has 4 aliphatic carbocycles. The highest BCUT2D eigenvalue weighted by atomic mass is 35.5. The number of carbonyl (C=O) groups is 2. The smallest absolute Gasteiger partial charge is 0.338 e. The number of rotatable bonds is 4. The largest absolute Gasteiger partial charge is 0.465 e. The molecule has 1 N–H and O–H groups in total. The Morgan fingerprint density at radius 2 is 1.77 bits per heavy atom. The van der Waals surface area contributed by atoms with Crippen LogP contribution >= 0.6 is 11.6 Å². The molecule has 0 amide bonds. The molecule has 0 aliphatic heterocycles. The predicted octanol–water partition coefficient (Wildman–Crippen LogP) is 5.77. The van der Waals surface area contributed by atoms with E-state index in [1.165, 1.54) is 6.92 Å². The number of aliphatic hydroxyl groups is 1. The Bertz CT molecular complexity index is 998. The Hall–Kier alpha value is -1.59. The van der Waals surface area contributed by atoms with E-state index in [2.05, 4.69) is 20.8 Å². The van der Waals surface area contributed by atoms with E-state index in [1.807, 2.05) is 18.2 Å². The number of aliphatic hydroxyl groups excluding tert-OH is 1. The van der Waals surface area contributed by atoms with Gasteiger partial charge in [-0.2, -0.15) is 0 Å². The summed E-state index contributed by atoms with van der Waals surface area (Å²) in [6.45, 7) is 8.63. The van der Waals surface area contributed by atoms with Gasteiger partial charge in [0.05, 0.1) is 18.3 Å². The van der Waals surface area contributed by atoms with Gasteiger partial charge in [-0.25, -0.2) is 4.79 Å². The minimum absolute atomic E-state index is 0.0808. The molecular weight excluding hydrogens is 464 g/mol. The SMILES string of the molecule is CC(=O)OC[C@@]1(C)CCC[C@]2(C)[C@@H]1CC[C@]13[C@H](O)C[C@](C)([C@H](Cl)C[C@@H]21)[C@H]3OC(=O)c1ccccc1. The van der Waals surface area contributed by atoms with Gasteiger partial charge in [-0.05, 0) is 67.9 Å². The Morgan fingerprint density at radius 3 is 2.46 bits per heavy atom. The predicted molar refractivity (Wildman–Crippen MR) is 134 cm³/mol. The van der Waals surface area contributed by atoms with Gasteiger partial charge >= 0.3 is 11.9 Å². The van der Waals surface area contributed by atoms with E-state index >= 15 is 0 Å². The van der Waals surface area contributed by atoms with Gasteiger partial charge in [-0.15, -0.1) is 11.6 Å². The lowest BCUT2D eigenvalue weighted by molar-refractivity contribution is -0.221. The molecule has 0 heterocycles. The summed E-state index contributed by atoms with van der Waals surface area (Å²) in [7, 11) is 0. The van der Waals surface area contributed by atoms with Crippen LogP contribution in [0, 0.1) is 33.5 Å². The lowest BCUT2D eigenvalue weighted by Gasteiger charge is -2.66. The molecule has 35 heavy (non-hydrogen) atoms. The summed E-state index contributed by atoms with van der Waals surface area (Å²) < 4.78 is 11.9. The first-order chi connectivity index (χ1) is 16.5. The summed E-state index contributed by atoms with van der Waals surface area (Å²) in [6, 6.07) is 9.12.